The van der Waals surface area contributed by atoms with Crippen molar-refractivity contribution in [1.82, 2.24) is 10.3 Å². The van der Waals surface area contributed by atoms with Gasteiger partial charge < -0.3 is 15.5 Å². The van der Waals surface area contributed by atoms with E-state index in [0.29, 0.717) is 23.9 Å². The quantitative estimate of drug-likeness (QED) is 0.858. The number of hydrogen-bond acceptors (Lipinski definition) is 4. The summed E-state index contributed by atoms with van der Waals surface area (Å²) in [5.74, 6) is 0.573. The Hall–Kier alpha value is -1.07. The first-order valence-electron chi connectivity index (χ1n) is 5.51. The van der Waals surface area contributed by atoms with Crippen molar-refractivity contribution in [2.24, 2.45) is 5.73 Å². The number of halogens is 1. The molecule has 0 aromatic carbocycles. The molecule has 2 rings (SSSR count). The number of nitrogens with two attached hydrogens (primary N) is 1. The summed E-state index contributed by atoms with van der Waals surface area (Å²) in [6, 6.07) is 0. The number of aryl methyl sites for hydroxylation is 2. The van der Waals surface area contributed by atoms with E-state index in [-0.39, 0.29) is 23.9 Å². The van der Waals surface area contributed by atoms with Gasteiger partial charge in [0.15, 0.2) is 5.89 Å². The molecule has 1 fully saturated rings. The van der Waals surface area contributed by atoms with E-state index in [0.717, 1.165) is 19.3 Å². The van der Waals surface area contributed by atoms with Gasteiger partial charge in [0.05, 0.1) is 5.69 Å². The van der Waals surface area contributed by atoms with E-state index in [1.807, 2.05) is 0 Å². The largest absolute Gasteiger partial charge is 0.436 e. The number of hydrogen-bond donors (Lipinski definition) is 2. The average Bonchev–Trinajstić information content (AvgIpc) is 2.51. The molecule has 5 nitrogen and oxygen atoms in total. The van der Waals surface area contributed by atoms with Gasteiger partial charge in [0, 0.05) is 19.0 Å². The number of rotatable bonds is 3. The van der Waals surface area contributed by atoms with Gasteiger partial charge in [0.2, 0.25) is 5.76 Å². The number of oxazole rings is 1. The lowest BCUT2D eigenvalue weighted by Gasteiger charge is -2.37. The van der Waals surface area contributed by atoms with Crippen LogP contribution in [0.5, 0.6) is 0 Å². The fourth-order valence-corrected chi connectivity index (χ4v) is 1.89. The van der Waals surface area contributed by atoms with Crippen molar-refractivity contribution in [1.29, 1.82) is 0 Å². The van der Waals surface area contributed by atoms with Crippen LogP contribution in [0.1, 0.15) is 41.4 Å². The Labute approximate surface area is 107 Å². The number of carbonyl (C=O) groups is 1. The summed E-state index contributed by atoms with van der Waals surface area (Å²) in [5.41, 5.74) is 6.42. The van der Waals surface area contributed by atoms with Crippen LogP contribution in [0.4, 0.5) is 0 Å². The first kappa shape index (κ1) is 14.0. The molecule has 1 aliphatic carbocycles. The SMILES string of the molecule is Cc1nc(C)c(C(=O)NCC2(N)CCC2)o1.Cl. The Morgan fingerprint density at radius 3 is 2.59 bits per heavy atom. The Morgan fingerprint density at radius 1 is 1.53 bits per heavy atom. The molecule has 0 atom stereocenters. The summed E-state index contributed by atoms with van der Waals surface area (Å²) in [7, 11) is 0. The molecule has 3 N–H and O–H groups in total. The van der Waals surface area contributed by atoms with Gasteiger partial charge >= 0.3 is 0 Å². The highest BCUT2D eigenvalue weighted by Crippen LogP contribution is 2.28. The predicted octanol–water partition coefficient (Wildman–Crippen LogP) is 1.32. The highest BCUT2D eigenvalue weighted by molar-refractivity contribution is 5.92. The lowest BCUT2D eigenvalue weighted by Crippen LogP contribution is -2.54. The van der Waals surface area contributed by atoms with Crippen molar-refractivity contribution in [2.75, 3.05) is 6.54 Å². The van der Waals surface area contributed by atoms with Crippen LogP contribution in [-0.2, 0) is 0 Å². The molecule has 96 valence electrons. The first-order valence-corrected chi connectivity index (χ1v) is 5.51. The fraction of sp³-hybridized carbons (Fsp3) is 0.636. The molecule has 0 saturated heterocycles. The number of aromatic nitrogens is 1. The van der Waals surface area contributed by atoms with E-state index < -0.39 is 0 Å². The van der Waals surface area contributed by atoms with Gasteiger partial charge in [-0.05, 0) is 26.2 Å². The van der Waals surface area contributed by atoms with Gasteiger partial charge in [-0.25, -0.2) is 4.98 Å². The van der Waals surface area contributed by atoms with Gasteiger partial charge in [0.1, 0.15) is 0 Å². The second-order valence-electron chi connectivity index (χ2n) is 4.55. The maximum Gasteiger partial charge on any atom is 0.289 e. The van der Waals surface area contributed by atoms with Crippen LogP contribution >= 0.6 is 12.4 Å². The van der Waals surface area contributed by atoms with E-state index in [2.05, 4.69) is 10.3 Å². The molecule has 1 aromatic heterocycles. The summed E-state index contributed by atoms with van der Waals surface area (Å²) in [4.78, 5) is 15.8. The summed E-state index contributed by atoms with van der Waals surface area (Å²) in [6.45, 7) is 3.98. The Morgan fingerprint density at radius 2 is 2.18 bits per heavy atom. The second kappa shape index (κ2) is 5.06. The monoisotopic (exact) mass is 259 g/mol. The zero-order valence-electron chi connectivity index (χ0n) is 10.1. The van der Waals surface area contributed by atoms with Crippen molar-refractivity contribution in [3.63, 3.8) is 0 Å². The number of carbonyl (C=O) groups excluding carboxylic acids is 1. The highest BCUT2D eigenvalue weighted by Gasteiger charge is 2.33. The van der Waals surface area contributed by atoms with Crippen molar-refractivity contribution in [3.05, 3.63) is 17.3 Å². The Balaban J connectivity index is 0.00000144. The molecule has 1 aliphatic rings. The molecule has 6 heteroatoms. The van der Waals surface area contributed by atoms with E-state index in [1.54, 1.807) is 13.8 Å². The lowest BCUT2D eigenvalue weighted by molar-refractivity contribution is 0.0900. The second-order valence-corrected chi connectivity index (χ2v) is 4.55. The standard InChI is InChI=1S/C11H17N3O2.ClH/c1-7-9(16-8(2)14-7)10(15)13-6-11(12)4-3-5-11;/h3-6,12H2,1-2H3,(H,13,15);1H. The molecule has 0 aliphatic heterocycles. The smallest absolute Gasteiger partial charge is 0.289 e. The molecule has 1 amide bonds. The summed E-state index contributed by atoms with van der Waals surface area (Å²) >= 11 is 0. The van der Waals surface area contributed by atoms with Crippen molar-refractivity contribution in [3.8, 4) is 0 Å². The van der Waals surface area contributed by atoms with Crippen LogP contribution in [0.2, 0.25) is 0 Å². The minimum atomic E-state index is -0.227. The first-order chi connectivity index (χ1) is 7.50. The Bertz CT molecular complexity index is 413. The molecular weight excluding hydrogens is 242 g/mol. The molecular formula is C11H18ClN3O2. The van der Waals surface area contributed by atoms with E-state index in [4.69, 9.17) is 10.2 Å². The third-order valence-corrected chi connectivity index (χ3v) is 3.06. The van der Waals surface area contributed by atoms with Gasteiger partial charge in [-0.1, -0.05) is 0 Å². The normalized spacial score (nSPS) is 16.9. The molecule has 1 heterocycles. The van der Waals surface area contributed by atoms with Crippen LogP contribution in [-0.4, -0.2) is 23.0 Å². The van der Waals surface area contributed by atoms with Gasteiger partial charge in [-0.3, -0.25) is 4.79 Å². The molecule has 0 radical (unpaired) electrons. The van der Waals surface area contributed by atoms with Gasteiger partial charge in [-0.2, -0.15) is 0 Å². The van der Waals surface area contributed by atoms with Crippen LogP contribution in [0.15, 0.2) is 4.42 Å². The van der Waals surface area contributed by atoms with Crippen molar-refractivity contribution < 1.29 is 9.21 Å². The predicted molar refractivity (Wildman–Crippen MR) is 66.3 cm³/mol. The van der Waals surface area contributed by atoms with Crippen molar-refractivity contribution in [2.45, 2.75) is 38.6 Å². The lowest BCUT2D eigenvalue weighted by atomic mass is 9.78. The third-order valence-electron chi connectivity index (χ3n) is 3.06. The molecule has 0 unspecified atom stereocenters. The van der Waals surface area contributed by atoms with Crippen LogP contribution in [0, 0.1) is 13.8 Å². The van der Waals surface area contributed by atoms with Crippen LogP contribution < -0.4 is 11.1 Å². The van der Waals surface area contributed by atoms with Crippen LogP contribution in [0.25, 0.3) is 0 Å². The topological polar surface area (TPSA) is 81.2 Å². The maximum atomic E-state index is 11.8. The van der Waals surface area contributed by atoms with Crippen LogP contribution in [0.3, 0.4) is 0 Å². The van der Waals surface area contributed by atoms with Gasteiger partial charge in [0.25, 0.3) is 5.91 Å². The molecule has 1 saturated carbocycles. The van der Waals surface area contributed by atoms with E-state index in [9.17, 15) is 4.79 Å². The summed E-state index contributed by atoms with van der Waals surface area (Å²) in [6.07, 6.45) is 3.09. The molecule has 1 aromatic rings. The number of nitrogens with one attached hydrogen (secondary N) is 1. The number of amides is 1. The Kier molecular flexibility index (Phi) is 4.16. The highest BCUT2D eigenvalue weighted by atomic mass is 35.5. The summed E-state index contributed by atoms with van der Waals surface area (Å²) in [5, 5.41) is 2.80. The fourth-order valence-electron chi connectivity index (χ4n) is 1.89. The van der Waals surface area contributed by atoms with Gasteiger partial charge in [-0.15, -0.1) is 12.4 Å². The summed E-state index contributed by atoms with van der Waals surface area (Å²) < 4.78 is 5.23. The zero-order chi connectivity index (χ0) is 11.8. The number of nitrogens with zero attached hydrogens (tertiary/aromatic N) is 1. The van der Waals surface area contributed by atoms with E-state index >= 15 is 0 Å². The minimum Gasteiger partial charge on any atom is -0.436 e. The van der Waals surface area contributed by atoms with Crippen molar-refractivity contribution >= 4 is 18.3 Å². The molecule has 17 heavy (non-hydrogen) atoms. The minimum absolute atomic E-state index is 0. The third kappa shape index (κ3) is 2.98. The zero-order valence-corrected chi connectivity index (χ0v) is 10.9. The molecule has 0 bridgehead atoms. The van der Waals surface area contributed by atoms with E-state index in [1.165, 1.54) is 0 Å². The molecule has 0 spiro atoms. The average molecular weight is 260 g/mol. The maximum absolute atomic E-state index is 11.8.